The minimum Gasteiger partial charge on any atom is -0.379 e. The van der Waals surface area contributed by atoms with Gasteiger partial charge in [-0.1, -0.05) is 0 Å². The topological polar surface area (TPSA) is 116 Å². The van der Waals surface area contributed by atoms with Crippen molar-refractivity contribution in [1.82, 2.24) is 30.1 Å². The van der Waals surface area contributed by atoms with Crippen molar-refractivity contribution in [1.29, 1.82) is 0 Å². The Morgan fingerprint density at radius 2 is 1.73 bits per heavy atom. The average molecular weight is 415 g/mol. The van der Waals surface area contributed by atoms with Crippen LogP contribution in [0.5, 0.6) is 0 Å². The lowest BCUT2D eigenvalue weighted by atomic mass is 9.91. The minimum absolute atomic E-state index is 0.00928. The van der Waals surface area contributed by atoms with Gasteiger partial charge in [0.1, 0.15) is 5.82 Å². The van der Waals surface area contributed by atoms with Crippen LogP contribution in [0, 0.1) is 0 Å². The van der Waals surface area contributed by atoms with Gasteiger partial charge in [0, 0.05) is 50.7 Å². The number of likely N-dealkylation sites (N-methyl/N-ethyl adjacent to an activating group) is 1. The molecule has 2 fully saturated rings. The summed E-state index contributed by atoms with van der Waals surface area (Å²) in [6, 6.07) is 2.73. The molecule has 2 aliphatic carbocycles. The van der Waals surface area contributed by atoms with Gasteiger partial charge < -0.3 is 26.2 Å². The van der Waals surface area contributed by atoms with Crippen molar-refractivity contribution in [3.8, 4) is 0 Å². The number of imidazole rings is 1. The first-order valence-electron chi connectivity index (χ1n) is 10.6. The van der Waals surface area contributed by atoms with E-state index < -0.39 is 0 Å². The van der Waals surface area contributed by atoms with E-state index in [4.69, 9.17) is 0 Å². The van der Waals surface area contributed by atoms with Crippen LogP contribution >= 0.6 is 0 Å². The maximum atomic E-state index is 12.0. The lowest BCUT2D eigenvalue weighted by Crippen LogP contribution is -2.47. The third-order valence-electron chi connectivity index (χ3n) is 5.61. The highest BCUT2D eigenvalue weighted by Gasteiger charge is 2.25. The molecule has 0 radical (unpaired) electrons. The van der Waals surface area contributed by atoms with Gasteiger partial charge in [0.2, 0.25) is 5.91 Å². The van der Waals surface area contributed by atoms with Crippen molar-refractivity contribution < 1.29 is 9.59 Å². The zero-order chi connectivity index (χ0) is 21.1. The molecule has 2 aromatic heterocycles. The molecule has 2 heterocycles. The zero-order valence-corrected chi connectivity index (χ0v) is 17.5. The van der Waals surface area contributed by atoms with Gasteiger partial charge in [-0.25, -0.2) is 14.3 Å². The van der Waals surface area contributed by atoms with Crippen molar-refractivity contribution in [3.63, 3.8) is 0 Å². The molecule has 30 heavy (non-hydrogen) atoms. The number of hydrogen-bond acceptors (Lipinski definition) is 6. The second-order valence-corrected chi connectivity index (χ2v) is 8.37. The maximum absolute atomic E-state index is 12.0. The number of amides is 3. The van der Waals surface area contributed by atoms with E-state index in [1.54, 1.807) is 24.8 Å². The van der Waals surface area contributed by atoms with Crippen molar-refractivity contribution in [2.45, 2.75) is 56.7 Å². The summed E-state index contributed by atoms with van der Waals surface area (Å²) in [7, 11) is 3.33. The van der Waals surface area contributed by atoms with Crippen LogP contribution in [0.25, 0.3) is 5.65 Å². The van der Waals surface area contributed by atoms with E-state index in [9.17, 15) is 9.59 Å². The van der Waals surface area contributed by atoms with E-state index >= 15 is 0 Å². The molecule has 0 atom stereocenters. The SMILES string of the molecule is CN(C)C(=O)CNC(=O)NC1CCC(Nc2cc(NC3CC3)c3nccn3n2)CC1. The molecule has 162 valence electrons. The lowest BCUT2D eigenvalue weighted by Gasteiger charge is -2.30. The fraction of sp³-hybridized carbons (Fsp3) is 0.600. The highest BCUT2D eigenvalue weighted by atomic mass is 16.2. The summed E-state index contributed by atoms with van der Waals surface area (Å²) in [4.78, 5) is 29.4. The molecule has 0 aromatic carbocycles. The zero-order valence-electron chi connectivity index (χ0n) is 17.5. The Morgan fingerprint density at radius 3 is 2.43 bits per heavy atom. The third-order valence-corrected chi connectivity index (χ3v) is 5.61. The largest absolute Gasteiger partial charge is 0.379 e. The maximum Gasteiger partial charge on any atom is 0.315 e. The first kappa shape index (κ1) is 20.2. The third kappa shape index (κ3) is 5.11. The summed E-state index contributed by atoms with van der Waals surface area (Å²) in [5.74, 6) is 0.705. The van der Waals surface area contributed by atoms with Gasteiger partial charge in [-0.2, -0.15) is 0 Å². The number of carbonyl (C=O) groups excluding carboxylic acids is 2. The number of rotatable bonds is 7. The molecule has 4 N–H and O–H groups in total. The van der Waals surface area contributed by atoms with Gasteiger partial charge in [0.15, 0.2) is 5.65 Å². The van der Waals surface area contributed by atoms with E-state index in [-0.39, 0.29) is 24.5 Å². The molecular formula is C20H30N8O2. The Bertz CT molecular complexity index is 899. The molecular weight excluding hydrogens is 384 g/mol. The number of carbonyl (C=O) groups is 2. The molecule has 2 aromatic rings. The van der Waals surface area contributed by atoms with Crippen molar-refractivity contribution in [3.05, 3.63) is 18.5 Å². The van der Waals surface area contributed by atoms with Crippen LogP contribution in [0.15, 0.2) is 18.5 Å². The van der Waals surface area contributed by atoms with E-state index in [1.165, 1.54) is 17.7 Å². The number of hydrogen-bond donors (Lipinski definition) is 4. The summed E-state index contributed by atoms with van der Waals surface area (Å²) < 4.78 is 1.81. The van der Waals surface area contributed by atoms with E-state index in [0.717, 1.165) is 42.8 Å². The van der Waals surface area contributed by atoms with Crippen molar-refractivity contribution in [2.75, 3.05) is 31.3 Å². The fourth-order valence-electron chi connectivity index (χ4n) is 3.68. The average Bonchev–Trinajstić information content (AvgIpc) is 3.40. The number of fused-ring (bicyclic) bond motifs is 1. The molecule has 2 saturated carbocycles. The normalized spacial score (nSPS) is 21.1. The summed E-state index contributed by atoms with van der Waals surface area (Å²) in [6.45, 7) is 0.00928. The summed E-state index contributed by atoms with van der Waals surface area (Å²) in [5, 5.41) is 17.3. The first-order chi connectivity index (χ1) is 14.5. The van der Waals surface area contributed by atoms with Gasteiger partial charge in [0.05, 0.1) is 12.2 Å². The fourth-order valence-corrected chi connectivity index (χ4v) is 3.68. The van der Waals surface area contributed by atoms with E-state index in [0.29, 0.717) is 12.1 Å². The summed E-state index contributed by atoms with van der Waals surface area (Å²) >= 11 is 0. The molecule has 3 amide bonds. The molecule has 0 spiro atoms. The van der Waals surface area contributed by atoms with Crippen molar-refractivity contribution >= 4 is 29.1 Å². The second-order valence-electron chi connectivity index (χ2n) is 8.37. The van der Waals surface area contributed by atoms with Gasteiger partial charge >= 0.3 is 6.03 Å². The molecule has 10 nitrogen and oxygen atoms in total. The quantitative estimate of drug-likeness (QED) is 0.545. The van der Waals surface area contributed by atoms with Gasteiger partial charge in [0.25, 0.3) is 0 Å². The van der Waals surface area contributed by atoms with Crippen LogP contribution < -0.4 is 21.3 Å². The van der Waals surface area contributed by atoms with Crippen LogP contribution in [0.1, 0.15) is 38.5 Å². The Morgan fingerprint density at radius 1 is 1.07 bits per heavy atom. The highest BCUT2D eigenvalue weighted by Crippen LogP contribution is 2.29. The molecule has 2 aliphatic rings. The van der Waals surface area contributed by atoms with Gasteiger partial charge in [-0.3, -0.25) is 4.79 Å². The van der Waals surface area contributed by atoms with Crippen LogP contribution in [-0.2, 0) is 4.79 Å². The highest BCUT2D eigenvalue weighted by molar-refractivity contribution is 5.83. The predicted molar refractivity (Wildman–Crippen MR) is 115 cm³/mol. The predicted octanol–water partition coefficient (Wildman–Crippen LogP) is 1.41. The summed E-state index contributed by atoms with van der Waals surface area (Å²) in [6.07, 6.45) is 9.67. The Kier molecular flexibility index (Phi) is 5.91. The molecule has 0 saturated heterocycles. The van der Waals surface area contributed by atoms with E-state index in [2.05, 4.69) is 31.3 Å². The molecule has 4 rings (SSSR count). The molecule has 0 unspecified atom stereocenters. The van der Waals surface area contributed by atoms with Crippen LogP contribution in [0.2, 0.25) is 0 Å². The number of nitrogens with one attached hydrogen (secondary N) is 4. The number of anilines is 2. The van der Waals surface area contributed by atoms with E-state index in [1.807, 2.05) is 12.3 Å². The van der Waals surface area contributed by atoms with Gasteiger partial charge in [-0.15, -0.1) is 5.10 Å². The standard InChI is InChI=1S/C20H30N8O2/c1-27(2)18(29)12-22-20(30)25-15-7-5-14(6-8-15)24-17-11-16(23-13-3-4-13)19-21-9-10-28(19)26-17/h9-11,13-15,23H,3-8,12H2,1-2H3,(H,24,26)(H2,22,25,30). The monoisotopic (exact) mass is 414 g/mol. The Hall–Kier alpha value is -3.04. The molecule has 0 aliphatic heterocycles. The number of nitrogens with zero attached hydrogens (tertiary/aromatic N) is 4. The van der Waals surface area contributed by atoms with Gasteiger partial charge in [-0.05, 0) is 38.5 Å². The number of aromatic nitrogens is 3. The first-order valence-corrected chi connectivity index (χ1v) is 10.6. The smallest absolute Gasteiger partial charge is 0.315 e. The Balaban J connectivity index is 1.26. The molecule has 0 bridgehead atoms. The minimum atomic E-state index is -0.287. The van der Waals surface area contributed by atoms with Crippen LogP contribution in [-0.4, -0.2) is 70.2 Å². The Labute approximate surface area is 175 Å². The lowest BCUT2D eigenvalue weighted by molar-refractivity contribution is -0.127. The van der Waals surface area contributed by atoms with Crippen LogP contribution in [0.3, 0.4) is 0 Å². The van der Waals surface area contributed by atoms with Crippen LogP contribution in [0.4, 0.5) is 16.3 Å². The summed E-state index contributed by atoms with van der Waals surface area (Å²) in [5.41, 5.74) is 1.86. The number of urea groups is 1. The van der Waals surface area contributed by atoms with Crippen molar-refractivity contribution in [2.24, 2.45) is 0 Å². The second kappa shape index (κ2) is 8.76. The molecule has 10 heteroatoms.